The summed E-state index contributed by atoms with van der Waals surface area (Å²) < 4.78 is 31.0. The summed E-state index contributed by atoms with van der Waals surface area (Å²) in [4.78, 5) is 11.2. The number of rotatable bonds is 6. The first-order chi connectivity index (χ1) is 7.64. The van der Waals surface area contributed by atoms with Gasteiger partial charge in [0.15, 0.2) is 0 Å². The third-order valence-electron chi connectivity index (χ3n) is 2.62. The minimum atomic E-state index is -3.52. The van der Waals surface area contributed by atoms with Gasteiger partial charge in [-0.25, -0.2) is 0 Å². The third kappa shape index (κ3) is 4.25. The van der Waals surface area contributed by atoms with E-state index in [9.17, 15) is 13.2 Å². The van der Waals surface area contributed by atoms with E-state index in [2.05, 4.69) is 4.74 Å². The predicted molar refractivity (Wildman–Crippen MR) is 65.6 cm³/mol. The molecule has 0 aliphatic carbocycles. The predicted octanol–water partition coefficient (Wildman–Crippen LogP) is 0.312. The van der Waals surface area contributed by atoms with E-state index >= 15 is 0 Å². The van der Waals surface area contributed by atoms with Crippen LogP contribution >= 0.6 is 0 Å². The summed E-state index contributed by atoms with van der Waals surface area (Å²) >= 11 is 0. The smallest absolute Gasteiger partial charge is 0.309 e. The van der Waals surface area contributed by atoms with Crippen LogP contribution in [0.4, 0.5) is 0 Å². The summed E-state index contributed by atoms with van der Waals surface area (Å²) in [5.74, 6) is -0.903. The summed E-state index contributed by atoms with van der Waals surface area (Å²) in [7, 11) is 0.734. The molecule has 0 saturated heterocycles. The van der Waals surface area contributed by atoms with E-state index < -0.39 is 22.1 Å². The van der Waals surface area contributed by atoms with Gasteiger partial charge in [0, 0.05) is 26.7 Å². The monoisotopic (exact) mass is 266 g/mol. The highest BCUT2D eigenvalue weighted by atomic mass is 32.2. The quantitative estimate of drug-likeness (QED) is 0.649. The highest BCUT2D eigenvalue weighted by Gasteiger charge is 2.28. The van der Waals surface area contributed by atoms with E-state index in [1.54, 1.807) is 20.8 Å². The van der Waals surface area contributed by atoms with Gasteiger partial charge in [-0.15, -0.1) is 0 Å². The molecule has 0 aliphatic heterocycles. The van der Waals surface area contributed by atoms with Crippen molar-refractivity contribution in [1.82, 2.24) is 8.61 Å². The van der Waals surface area contributed by atoms with Crippen LogP contribution < -0.4 is 0 Å². The van der Waals surface area contributed by atoms with Crippen molar-refractivity contribution in [3.63, 3.8) is 0 Å². The number of hydrogen-bond donors (Lipinski definition) is 0. The molecule has 0 amide bonds. The van der Waals surface area contributed by atoms with E-state index in [0.29, 0.717) is 0 Å². The van der Waals surface area contributed by atoms with Crippen LogP contribution in [0, 0.1) is 5.92 Å². The topological polar surface area (TPSA) is 66.9 Å². The van der Waals surface area contributed by atoms with Gasteiger partial charge < -0.3 is 4.74 Å². The van der Waals surface area contributed by atoms with E-state index in [-0.39, 0.29) is 12.6 Å². The fourth-order valence-corrected chi connectivity index (χ4v) is 2.63. The Bertz CT molecular complexity index is 353. The zero-order valence-electron chi connectivity index (χ0n) is 11.3. The Hall–Kier alpha value is -0.660. The Morgan fingerprint density at radius 3 is 2.06 bits per heavy atom. The van der Waals surface area contributed by atoms with Crippen LogP contribution in [0.15, 0.2) is 0 Å². The maximum absolute atomic E-state index is 12.0. The zero-order chi connectivity index (χ0) is 13.8. The molecular weight excluding hydrogens is 244 g/mol. The molecule has 1 atom stereocenters. The van der Waals surface area contributed by atoms with E-state index in [1.807, 2.05) is 0 Å². The molecule has 1 unspecified atom stereocenters. The Balaban J connectivity index is 4.71. The number of hydrogen-bond acceptors (Lipinski definition) is 4. The van der Waals surface area contributed by atoms with Crippen LogP contribution in [-0.2, 0) is 19.7 Å². The molecule has 0 saturated carbocycles. The van der Waals surface area contributed by atoms with Crippen LogP contribution in [0.1, 0.15) is 20.8 Å². The van der Waals surface area contributed by atoms with Gasteiger partial charge in [-0.3, -0.25) is 4.79 Å². The molecule has 6 nitrogen and oxygen atoms in total. The van der Waals surface area contributed by atoms with E-state index in [1.165, 1.54) is 25.5 Å². The van der Waals surface area contributed by atoms with Gasteiger partial charge in [-0.05, 0) is 13.8 Å². The summed E-state index contributed by atoms with van der Waals surface area (Å²) in [5.41, 5.74) is 0. The molecule has 102 valence electrons. The van der Waals surface area contributed by atoms with Gasteiger partial charge in [0.25, 0.3) is 10.2 Å². The van der Waals surface area contributed by atoms with Gasteiger partial charge in [0.05, 0.1) is 13.0 Å². The largest absolute Gasteiger partial charge is 0.469 e. The SMILES string of the molecule is COC(=O)C(C)CN(C)S(=O)(=O)N(C)C(C)C. The van der Waals surface area contributed by atoms with Crippen molar-refractivity contribution in [1.29, 1.82) is 0 Å². The molecule has 7 heteroatoms. The number of carbonyl (C=O) groups excluding carboxylic acids is 1. The number of nitrogens with zero attached hydrogens (tertiary/aromatic N) is 2. The number of ether oxygens (including phenoxy) is 1. The molecule has 0 aromatic rings. The van der Waals surface area contributed by atoms with Crippen molar-refractivity contribution < 1.29 is 17.9 Å². The van der Waals surface area contributed by atoms with Crippen LogP contribution in [0.2, 0.25) is 0 Å². The van der Waals surface area contributed by atoms with Gasteiger partial charge >= 0.3 is 5.97 Å². The molecule has 0 radical (unpaired) electrons. The van der Waals surface area contributed by atoms with Crippen molar-refractivity contribution >= 4 is 16.2 Å². The van der Waals surface area contributed by atoms with E-state index in [0.717, 1.165) is 4.31 Å². The minimum absolute atomic E-state index is 0.103. The lowest BCUT2D eigenvalue weighted by molar-refractivity contribution is -0.145. The second-order valence-corrected chi connectivity index (χ2v) is 6.42. The zero-order valence-corrected chi connectivity index (χ0v) is 12.1. The lowest BCUT2D eigenvalue weighted by atomic mass is 10.2. The molecule has 0 N–H and O–H groups in total. The maximum Gasteiger partial charge on any atom is 0.309 e. The first kappa shape index (κ1) is 16.3. The van der Waals surface area contributed by atoms with Crippen molar-refractivity contribution in [3.8, 4) is 0 Å². The first-order valence-corrected chi connectivity index (χ1v) is 6.81. The molecular formula is C10H22N2O4S. The second kappa shape index (κ2) is 6.32. The van der Waals surface area contributed by atoms with Gasteiger partial charge in [0.2, 0.25) is 0 Å². The molecule has 0 aromatic heterocycles. The number of carbonyl (C=O) groups is 1. The Labute approximate surface area is 104 Å². The molecule has 0 spiro atoms. The molecule has 17 heavy (non-hydrogen) atoms. The normalized spacial score (nSPS) is 14.4. The Morgan fingerprint density at radius 1 is 1.24 bits per heavy atom. The lowest BCUT2D eigenvalue weighted by Gasteiger charge is -2.28. The lowest BCUT2D eigenvalue weighted by Crippen LogP contribution is -2.45. The van der Waals surface area contributed by atoms with Gasteiger partial charge in [0.1, 0.15) is 0 Å². The molecule has 0 heterocycles. The maximum atomic E-state index is 12.0. The standard InChI is InChI=1S/C10H22N2O4S/c1-8(2)12(5)17(14,15)11(4)7-9(3)10(13)16-6/h8-9H,7H2,1-6H3. The molecule has 0 aliphatic rings. The molecule has 0 rings (SSSR count). The highest BCUT2D eigenvalue weighted by Crippen LogP contribution is 2.11. The first-order valence-electron chi connectivity index (χ1n) is 5.41. The average molecular weight is 266 g/mol. The molecule has 0 fully saturated rings. The fraction of sp³-hybridized carbons (Fsp3) is 0.900. The number of esters is 1. The van der Waals surface area contributed by atoms with Crippen molar-refractivity contribution in [2.75, 3.05) is 27.7 Å². The van der Waals surface area contributed by atoms with Crippen LogP contribution in [0.5, 0.6) is 0 Å². The van der Waals surface area contributed by atoms with Crippen LogP contribution in [0.25, 0.3) is 0 Å². The van der Waals surface area contributed by atoms with Crippen molar-refractivity contribution in [2.24, 2.45) is 5.92 Å². The number of methoxy groups -OCH3 is 1. The third-order valence-corrected chi connectivity index (χ3v) is 4.71. The Morgan fingerprint density at radius 2 is 1.71 bits per heavy atom. The fourth-order valence-electron chi connectivity index (χ4n) is 1.24. The van der Waals surface area contributed by atoms with Crippen LogP contribution in [-0.4, -0.2) is 56.8 Å². The van der Waals surface area contributed by atoms with Crippen molar-refractivity contribution in [2.45, 2.75) is 26.8 Å². The van der Waals surface area contributed by atoms with Gasteiger partial charge in [-0.2, -0.15) is 17.0 Å². The summed E-state index contributed by atoms with van der Waals surface area (Å²) in [5, 5.41) is 0. The minimum Gasteiger partial charge on any atom is -0.469 e. The van der Waals surface area contributed by atoms with Crippen molar-refractivity contribution in [3.05, 3.63) is 0 Å². The van der Waals surface area contributed by atoms with Gasteiger partial charge in [-0.1, -0.05) is 6.92 Å². The summed E-state index contributed by atoms with van der Waals surface area (Å²) in [6.07, 6.45) is 0. The second-order valence-electron chi connectivity index (χ2n) is 4.32. The van der Waals surface area contributed by atoms with Crippen LogP contribution in [0.3, 0.4) is 0 Å². The van der Waals surface area contributed by atoms with E-state index in [4.69, 9.17) is 0 Å². The molecule has 0 aromatic carbocycles. The average Bonchev–Trinajstić information content (AvgIpc) is 2.26. The highest BCUT2D eigenvalue weighted by molar-refractivity contribution is 7.86. The Kier molecular flexibility index (Phi) is 6.08. The molecule has 0 bridgehead atoms. The summed E-state index contributed by atoms with van der Waals surface area (Å²) in [6, 6.07) is -0.129. The summed E-state index contributed by atoms with van der Waals surface area (Å²) in [6.45, 7) is 5.31.